The van der Waals surface area contributed by atoms with Gasteiger partial charge in [0, 0.05) is 12.1 Å². The van der Waals surface area contributed by atoms with Gasteiger partial charge in [-0.25, -0.2) is 4.98 Å². The first kappa shape index (κ1) is 14.3. The Morgan fingerprint density at radius 3 is 2.96 bits per heavy atom. The summed E-state index contributed by atoms with van der Waals surface area (Å²) in [7, 11) is 0. The number of hydrogen-bond donors (Lipinski definition) is 0. The Balaban J connectivity index is 1.84. The van der Waals surface area contributed by atoms with Crippen LogP contribution in [0.5, 0.6) is 0 Å². The average molecular weight is 339 g/mol. The van der Waals surface area contributed by atoms with Gasteiger partial charge in [-0.05, 0) is 37.3 Å². The van der Waals surface area contributed by atoms with E-state index in [0.29, 0.717) is 5.56 Å². The zero-order valence-electron chi connectivity index (χ0n) is 12.4. The number of thiazole rings is 2. The fourth-order valence-electron chi connectivity index (χ4n) is 2.55. The zero-order chi connectivity index (χ0) is 15.8. The van der Waals surface area contributed by atoms with Crippen molar-refractivity contribution in [3.05, 3.63) is 58.3 Å². The second kappa shape index (κ2) is 5.72. The lowest BCUT2D eigenvalue weighted by molar-refractivity contribution is 0.0998. The molecule has 0 bridgehead atoms. The average Bonchev–Trinajstić information content (AvgIpc) is 3.17. The summed E-state index contributed by atoms with van der Waals surface area (Å²) in [5.41, 5.74) is 4.41. The van der Waals surface area contributed by atoms with Crippen molar-refractivity contribution in [2.75, 3.05) is 0 Å². The quantitative estimate of drug-likeness (QED) is 0.552. The van der Waals surface area contributed by atoms with E-state index in [9.17, 15) is 4.79 Å². The number of amides is 1. The Kier molecular flexibility index (Phi) is 3.55. The van der Waals surface area contributed by atoms with Crippen molar-refractivity contribution in [2.45, 2.75) is 13.5 Å². The number of fused-ring (bicyclic) bond motifs is 2. The Hall–Kier alpha value is -2.31. The topological polar surface area (TPSA) is 47.2 Å². The van der Waals surface area contributed by atoms with E-state index in [1.807, 2.05) is 24.3 Å². The zero-order valence-corrected chi connectivity index (χ0v) is 14.0. The third-order valence-corrected chi connectivity index (χ3v) is 5.53. The van der Waals surface area contributed by atoms with E-state index in [0.717, 1.165) is 31.8 Å². The number of para-hydroxylation sites is 1. The molecule has 1 amide bonds. The van der Waals surface area contributed by atoms with Crippen LogP contribution in [0.1, 0.15) is 17.3 Å². The standard InChI is InChI=1S/C17H13N3OS2/c1-2-20-13-5-3-4-6-14(13)23-17(20)19-16(21)11-7-8-12-15(9-11)22-10-18-12/h3-10H,2H2,1H3. The van der Waals surface area contributed by atoms with Crippen molar-refractivity contribution >= 4 is 49.0 Å². The van der Waals surface area contributed by atoms with Crippen molar-refractivity contribution in [1.82, 2.24) is 9.55 Å². The van der Waals surface area contributed by atoms with Crippen molar-refractivity contribution in [2.24, 2.45) is 4.99 Å². The van der Waals surface area contributed by atoms with Crippen LogP contribution in [-0.4, -0.2) is 15.5 Å². The van der Waals surface area contributed by atoms with Crippen molar-refractivity contribution in [1.29, 1.82) is 0 Å². The predicted molar refractivity (Wildman–Crippen MR) is 95.0 cm³/mol. The van der Waals surface area contributed by atoms with Crippen molar-refractivity contribution in [3.63, 3.8) is 0 Å². The second-order valence-corrected chi connectivity index (χ2v) is 6.94. The molecule has 0 saturated carbocycles. The van der Waals surface area contributed by atoms with Crippen LogP contribution in [0, 0.1) is 0 Å². The van der Waals surface area contributed by atoms with Crippen molar-refractivity contribution < 1.29 is 4.79 Å². The molecule has 2 aromatic heterocycles. The maximum absolute atomic E-state index is 12.5. The molecule has 114 valence electrons. The van der Waals surface area contributed by atoms with E-state index < -0.39 is 0 Å². The van der Waals surface area contributed by atoms with E-state index in [1.165, 1.54) is 11.3 Å². The van der Waals surface area contributed by atoms with Gasteiger partial charge in [0.25, 0.3) is 5.91 Å². The Morgan fingerprint density at radius 2 is 2.09 bits per heavy atom. The lowest BCUT2D eigenvalue weighted by Gasteiger charge is -1.99. The highest BCUT2D eigenvalue weighted by Gasteiger charge is 2.09. The fourth-order valence-corrected chi connectivity index (χ4v) is 4.36. The Labute approximate surface area is 140 Å². The molecular formula is C17H13N3OS2. The van der Waals surface area contributed by atoms with Gasteiger partial charge in [-0.15, -0.1) is 11.3 Å². The third-order valence-electron chi connectivity index (χ3n) is 3.68. The number of aromatic nitrogens is 2. The molecule has 2 aromatic carbocycles. The largest absolute Gasteiger partial charge is 0.317 e. The first-order chi connectivity index (χ1) is 11.3. The fraction of sp³-hybridized carbons (Fsp3) is 0.118. The van der Waals surface area contributed by atoms with Crippen LogP contribution >= 0.6 is 22.7 Å². The van der Waals surface area contributed by atoms with Crippen LogP contribution in [0.3, 0.4) is 0 Å². The molecular weight excluding hydrogens is 326 g/mol. The van der Waals surface area contributed by atoms with E-state index in [1.54, 1.807) is 22.9 Å². The van der Waals surface area contributed by atoms with Gasteiger partial charge in [-0.1, -0.05) is 23.5 Å². The van der Waals surface area contributed by atoms with Gasteiger partial charge in [-0.2, -0.15) is 4.99 Å². The summed E-state index contributed by atoms with van der Waals surface area (Å²) in [4.78, 5) is 21.9. The molecule has 23 heavy (non-hydrogen) atoms. The highest BCUT2D eigenvalue weighted by atomic mass is 32.1. The lowest BCUT2D eigenvalue weighted by Crippen LogP contribution is -2.15. The summed E-state index contributed by atoms with van der Waals surface area (Å²) >= 11 is 3.07. The molecule has 0 aliphatic heterocycles. The van der Waals surface area contributed by atoms with E-state index in [-0.39, 0.29) is 5.91 Å². The van der Waals surface area contributed by atoms with E-state index in [2.05, 4.69) is 33.6 Å². The van der Waals surface area contributed by atoms with Gasteiger partial charge in [0.15, 0.2) is 4.80 Å². The summed E-state index contributed by atoms with van der Waals surface area (Å²) < 4.78 is 4.22. The first-order valence-corrected chi connectivity index (χ1v) is 8.96. The molecule has 0 fully saturated rings. The minimum Gasteiger partial charge on any atom is -0.317 e. The molecule has 4 nitrogen and oxygen atoms in total. The second-order valence-electron chi connectivity index (χ2n) is 5.05. The molecule has 4 rings (SSSR count). The smallest absolute Gasteiger partial charge is 0.279 e. The van der Waals surface area contributed by atoms with Crippen molar-refractivity contribution in [3.8, 4) is 0 Å². The number of benzene rings is 2. The molecule has 0 aliphatic carbocycles. The van der Waals surface area contributed by atoms with Crippen LogP contribution in [0.25, 0.3) is 20.4 Å². The molecule has 4 aromatic rings. The molecule has 0 aliphatic rings. The summed E-state index contributed by atoms with van der Waals surface area (Å²) in [6.45, 7) is 2.84. The maximum atomic E-state index is 12.5. The minimum atomic E-state index is -0.214. The van der Waals surface area contributed by atoms with Crippen LogP contribution in [0.15, 0.2) is 53.0 Å². The predicted octanol–water partition coefficient (Wildman–Crippen LogP) is 4.07. The molecule has 2 heterocycles. The van der Waals surface area contributed by atoms with E-state index >= 15 is 0 Å². The number of rotatable bonds is 2. The highest BCUT2D eigenvalue weighted by Crippen LogP contribution is 2.20. The van der Waals surface area contributed by atoms with E-state index in [4.69, 9.17) is 0 Å². The summed E-state index contributed by atoms with van der Waals surface area (Å²) in [5.74, 6) is -0.214. The van der Waals surface area contributed by atoms with Gasteiger partial charge < -0.3 is 4.57 Å². The molecule has 0 spiro atoms. The monoisotopic (exact) mass is 339 g/mol. The SMILES string of the molecule is CCn1c(=NC(=O)c2ccc3ncsc3c2)sc2ccccc21. The Morgan fingerprint density at radius 1 is 1.22 bits per heavy atom. The normalized spacial score (nSPS) is 12.3. The van der Waals surface area contributed by atoms with Crippen LogP contribution in [0.2, 0.25) is 0 Å². The highest BCUT2D eigenvalue weighted by molar-refractivity contribution is 7.17. The summed E-state index contributed by atoms with van der Waals surface area (Å²) in [6, 6.07) is 13.6. The van der Waals surface area contributed by atoms with Gasteiger partial charge in [0.1, 0.15) is 0 Å². The molecule has 6 heteroatoms. The lowest BCUT2D eigenvalue weighted by atomic mass is 10.2. The molecule has 0 unspecified atom stereocenters. The number of carbonyl (C=O) groups excluding carboxylic acids is 1. The third kappa shape index (κ3) is 2.50. The first-order valence-electron chi connectivity index (χ1n) is 7.27. The Bertz CT molecular complexity index is 1090. The van der Waals surface area contributed by atoms with Crippen LogP contribution in [0.4, 0.5) is 0 Å². The van der Waals surface area contributed by atoms with Crippen LogP contribution < -0.4 is 4.80 Å². The number of hydrogen-bond acceptors (Lipinski definition) is 4. The van der Waals surface area contributed by atoms with Gasteiger partial charge >= 0.3 is 0 Å². The maximum Gasteiger partial charge on any atom is 0.279 e. The minimum absolute atomic E-state index is 0.214. The molecule has 0 atom stereocenters. The van der Waals surface area contributed by atoms with Gasteiger partial charge in [-0.3, -0.25) is 4.79 Å². The van der Waals surface area contributed by atoms with Gasteiger partial charge in [0.05, 0.1) is 25.9 Å². The summed E-state index contributed by atoms with van der Waals surface area (Å²) in [6.07, 6.45) is 0. The number of carbonyl (C=O) groups is 1. The number of nitrogens with zero attached hydrogens (tertiary/aromatic N) is 3. The summed E-state index contributed by atoms with van der Waals surface area (Å²) in [5, 5.41) is 0. The van der Waals surface area contributed by atoms with Crippen LogP contribution in [-0.2, 0) is 6.54 Å². The number of aryl methyl sites for hydroxylation is 1. The van der Waals surface area contributed by atoms with Gasteiger partial charge in [0.2, 0.25) is 0 Å². The molecule has 0 N–H and O–H groups in total. The molecule has 0 saturated heterocycles. The molecule has 0 radical (unpaired) electrons.